The number of methoxy groups -OCH3 is 1. The molecule has 25 heavy (non-hydrogen) atoms. The average Bonchev–Trinajstić information content (AvgIpc) is 2.63. The van der Waals surface area contributed by atoms with Crippen LogP contribution in [0.25, 0.3) is 0 Å². The molecule has 8 nitrogen and oxygen atoms in total. The molecule has 3 rings (SSSR count). The zero-order valence-corrected chi connectivity index (χ0v) is 15.0. The van der Waals surface area contributed by atoms with Gasteiger partial charge in [-0.3, -0.25) is 4.72 Å². The van der Waals surface area contributed by atoms with Gasteiger partial charge >= 0.3 is 0 Å². The smallest absolute Gasteiger partial charge is 0.265 e. The largest absolute Gasteiger partial charge is 0.495 e. The van der Waals surface area contributed by atoms with Crippen molar-refractivity contribution in [2.24, 2.45) is 0 Å². The molecule has 2 aromatic rings. The second kappa shape index (κ2) is 7.42. The maximum Gasteiger partial charge on any atom is 0.265 e. The van der Waals surface area contributed by atoms with Crippen molar-refractivity contribution < 1.29 is 17.9 Å². The lowest BCUT2D eigenvalue weighted by Gasteiger charge is -2.26. The third-order valence-corrected chi connectivity index (χ3v) is 5.24. The van der Waals surface area contributed by atoms with Crippen LogP contribution in [0, 0.1) is 0 Å². The molecule has 1 aromatic carbocycles. The summed E-state index contributed by atoms with van der Waals surface area (Å²) in [4.78, 5) is 10.3. The van der Waals surface area contributed by atoms with Crippen LogP contribution in [0.3, 0.4) is 0 Å². The van der Waals surface area contributed by atoms with Crippen molar-refractivity contribution >= 4 is 33.3 Å². The van der Waals surface area contributed by atoms with Gasteiger partial charge in [0, 0.05) is 18.1 Å². The molecule has 0 amide bonds. The summed E-state index contributed by atoms with van der Waals surface area (Å²) in [6.07, 6.45) is 2.85. The van der Waals surface area contributed by atoms with E-state index in [-0.39, 0.29) is 16.3 Å². The van der Waals surface area contributed by atoms with Gasteiger partial charge in [0.1, 0.15) is 10.6 Å². The van der Waals surface area contributed by atoms with Crippen LogP contribution in [0.15, 0.2) is 35.5 Å². The van der Waals surface area contributed by atoms with Crippen LogP contribution in [0.4, 0.5) is 11.6 Å². The number of anilines is 2. The second-order valence-corrected chi connectivity index (χ2v) is 7.36. The normalized spacial score (nSPS) is 15.0. The second-order valence-electron chi connectivity index (χ2n) is 5.27. The molecule has 134 valence electrons. The first kappa shape index (κ1) is 17.7. The number of aromatic nitrogens is 2. The first-order chi connectivity index (χ1) is 12.0. The van der Waals surface area contributed by atoms with Crippen molar-refractivity contribution in [3.05, 3.63) is 35.6 Å². The van der Waals surface area contributed by atoms with Crippen LogP contribution in [0.1, 0.15) is 0 Å². The highest BCUT2D eigenvalue weighted by Crippen LogP contribution is 2.28. The Morgan fingerprint density at radius 1 is 1.24 bits per heavy atom. The van der Waals surface area contributed by atoms with Crippen molar-refractivity contribution in [1.29, 1.82) is 0 Å². The molecule has 0 spiro atoms. The topological polar surface area (TPSA) is 93.7 Å². The Labute approximate surface area is 150 Å². The van der Waals surface area contributed by atoms with Gasteiger partial charge in [0.05, 0.1) is 38.4 Å². The van der Waals surface area contributed by atoms with Gasteiger partial charge in [0.25, 0.3) is 10.0 Å². The SMILES string of the molecule is COc1ccc(Cl)cc1S(=O)(=O)Nc1cnc(N2CCOCC2)nc1. The number of hydrogen-bond acceptors (Lipinski definition) is 7. The van der Waals surface area contributed by atoms with Crippen molar-refractivity contribution in [3.63, 3.8) is 0 Å². The molecule has 2 heterocycles. The van der Waals surface area contributed by atoms with E-state index in [1.54, 1.807) is 6.07 Å². The Hall–Kier alpha value is -2.10. The van der Waals surface area contributed by atoms with E-state index in [0.29, 0.717) is 37.3 Å². The number of hydrogen-bond donors (Lipinski definition) is 1. The molecule has 1 aliphatic rings. The minimum Gasteiger partial charge on any atom is -0.495 e. The fraction of sp³-hybridized carbons (Fsp3) is 0.333. The predicted octanol–water partition coefficient (Wildman–Crippen LogP) is 1.78. The average molecular weight is 385 g/mol. The molecule has 1 aromatic heterocycles. The van der Waals surface area contributed by atoms with E-state index in [4.69, 9.17) is 21.1 Å². The lowest BCUT2D eigenvalue weighted by Crippen LogP contribution is -2.37. The number of rotatable bonds is 5. The summed E-state index contributed by atoms with van der Waals surface area (Å²) in [5.41, 5.74) is 0.249. The van der Waals surface area contributed by atoms with Crippen LogP contribution in [0.2, 0.25) is 5.02 Å². The summed E-state index contributed by atoms with van der Waals surface area (Å²) >= 11 is 5.90. The van der Waals surface area contributed by atoms with E-state index in [1.165, 1.54) is 31.6 Å². The molecule has 10 heteroatoms. The van der Waals surface area contributed by atoms with Crippen LogP contribution >= 0.6 is 11.6 Å². The molecule has 1 saturated heterocycles. The molecule has 0 bridgehead atoms. The number of morpholine rings is 1. The zero-order valence-electron chi connectivity index (χ0n) is 13.5. The van der Waals surface area contributed by atoms with Crippen molar-refractivity contribution in [3.8, 4) is 5.75 Å². The fourth-order valence-electron chi connectivity index (χ4n) is 2.37. The Morgan fingerprint density at radius 3 is 2.56 bits per heavy atom. The molecule has 0 atom stereocenters. The van der Waals surface area contributed by atoms with Gasteiger partial charge in [-0.1, -0.05) is 11.6 Å². The first-order valence-corrected chi connectivity index (χ1v) is 9.37. The van der Waals surface area contributed by atoms with Crippen LogP contribution in [-0.2, 0) is 14.8 Å². The van der Waals surface area contributed by atoms with Gasteiger partial charge in [-0.15, -0.1) is 0 Å². The summed E-state index contributed by atoms with van der Waals surface area (Å²) in [5, 5.41) is 0.292. The molecular formula is C15H17ClN4O4S. The number of benzene rings is 1. The molecule has 0 saturated carbocycles. The molecular weight excluding hydrogens is 368 g/mol. The Bertz CT molecular complexity index is 839. The molecule has 1 N–H and O–H groups in total. The Balaban J connectivity index is 1.80. The summed E-state index contributed by atoms with van der Waals surface area (Å²) in [6, 6.07) is 4.38. The highest BCUT2D eigenvalue weighted by molar-refractivity contribution is 7.92. The summed E-state index contributed by atoms with van der Waals surface area (Å²) < 4.78 is 38.0. The molecule has 0 radical (unpaired) electrons. The third-order valence-electron chi connectivity index (χ3n) is 3.60. The number of nitrogens with zero attached hydrogens (tertiary/aromatic N) is 3. The van der Waals surface area contributed by atoms with Crippen LogP contribution in [0.5, 0.6) is 5.75 Å². The van der Waals surface area contributed by atoms with Gasteiger partial charge < -0.3 is 14.4 Å². The molecule has 0 aliphatic carbocycles. The van der Waals surface area contributed by atoms with Crippen molar-refractivity contribution in [2.75, 3.05) is 43.0 Å². The lowest BCUT2D eigenvalue weighted by molar-refractivity contribution is 0.122. The van der Waals surface area contributed by atoms with E-state index >= 15 is 0 Å². The number of nitrogens with one attached hydrogen (secondary N) is 1. The summed E-state index contributed by atoms with van der Waals surface area (Å²) in [7, 11) is -2.50. The third kappa shape index (κ3) is 4.12. The molecule has 1 aliphatic heterocycles. The standard InChI is InChI=1S/C15H17ClN4O4S/c1-23-13-3-2-11(16)8-14(13)25(21,22)19-12-9-17-15(18-10-12)20-4-6-24-7-5-20/h2-3,8-10,19H,4-7H2,1H3. The highest BCUT2D eigenvalue weighted by Gasteiger charge is 2.21. The van der Waals surface area contributed by atoms with E-state index in [1.807, 2.05) is 4.90 Å². The maximum absolute atomic E-state index is 12.6. The van der Waals surface area contributed by atoms with E-state index in [9.17, 15) is 8.42 Å². The highest BCUT2D eigenvalue weighted by atomic mass is 35.5. The van der Waals surface area contributed by atoms with Crippen LogP contribution < -0.4 is 14.4 Å². The maximum atomic E-state index is 12.6. The van der Waals surface area contributed by atoms with E-state index in [0.717, 1.165) is 0 Å². The van der Waals surface area contributed by atoms with Crippen molar-refractivity contribution in [1.82, 2.24) is 9.97 Å². The number of halogens is 1. The minimum absolute atomic E-state index is 0.0558. The zero-order chi connectivity index (χ0) is 17.9. The van der Waals surface area contributed by atoms with Gasteiger partial charge in [-0.2, -0.15) is 0 Å². The Morgan fingerprint density at radius 2 is 1.92 bits per heavy atom. The lowest BCUT2D eigenvalue weighted by atomic mass is 10.3. The number of sulfonamides is 1. The van der Waals surface area contributed by atoms with Gasteiger partial charge in [0.15, 0.2) is 0 Å². The monoisotopic (exact) mass is 384 g/mol. The van der Waals surface area contributed by atoms with Crippen LogP contribution in [-0.4, -0.2) is 51.8 Å². The van der Waals surface area contributed by atoms with Gasteiger partial charge in [-0.05, 0) is 18.2 Å². The van der Waals surface area contributed by atoms with Crippen molar-refractivity contribution in [2.45, 2.75) is 4.90 Å². The summed E-state index contributed by atoms with van der Waals surface area (Å²) in [6.45, 7) is 2.63. The van der Waals surface area contributed by atoms with E-state index in [2.05, 4.69) is 14.7 Å². The number of ether oxygens (including phenoxy) is 2. The summed E-state index contributed by atoms with van der Waals surface area (Å²) in [5.74, 6) is 0.731. The first-order valence-electron chi connectivity index (χ1n) is 7.51. The molecule has 1 fully saturated rings. The van der Waals surface area contributed by atoms with E-state index < -0.39 is 10.0 Å². The predicted molar refractivity (Wildman–Crippen MR) is 93.9 cm³/mol. The quantitative estimate of drug-likeness (QED) is 0.839. The molecule has 0 unspecified atom stereocenters. The van der Waals surface area contributed by atoms with Gasteiger partial charge in [0.2, 0.25) is 5.95 Å². The minimum atomic E-state index is -3.89. The Kier molecular flexibility index (Phi) is 5.26. The van der Waals surface area contributed by atoms with Gasteiger partial charge in [-0.25, -0.2) is 18.4 Å². The fourth-order valence-corrected chi connectivity index (χ4v) is 3.83.